The Morgan fingerprint density at radius 3 is 3.00 bits per heavy atom. The third-order valence-electron chi connectivity index (χ3n) is 3.67. The molecular formula is C15H14N4. The minimum atomic E-state index is 0.929. The summed E-state index contributed by atoms with van der Waals surface area (Å²) in [7, 11) is 0. The summed E-state index contributed by atoms with van der Waals surface area (Å²) in [6, 6.07) is 14.6. The first-order chi connectivity index (χ1) is 9.42. The zero-order valence-corrected chi connectivity index (χ0v) is 10.5. The maximum atomic E-state index is 4.26. The summed E-state index contributed by atoms with van der Waals surface area (Å²) in [6.07, 6.45) is 1.10. The smallest absolute Gasteiger partial charge is 0.113 e. The summed E-state index contributed by atoms with van der Waals surface area (Å²) in [5.74, 6) is 0. The number of fused-ring (bicyclic) bond motifs is 2. The minimum absolute atomic E-state index is 0.929. The summed E-state index contributed by atoms with van der Waals surface area (Å²) < 4.78 is 1.91. The van der Waals surface area contributed by atoms with Crippen molar-refractivity contribution in [1.82, 2.24) is 20.3 Å². The number of benzene rings is 2. The molecule has 0 bridgehead atoms. The van der Waals surface area contributed by atoms with Gasteiger partial charge in [-0.15, -0.1) is 5.10 Å². The van der Waals surface area contributed by atoms with Crippen molar-refractivity contribution in [3.8, 4) is 5.69 Å². The molecule has 3 aromatic rings. The van der Waals surface area contributed by atoms with Gasteiger partial charge in [0.2, 0.25) is 0 Å². The fraction of sp³-hybridized carbons (Fsp3) is 0.200. The van der Waals surface area contributed by atoms with Crippen molar-refractivity contribution >= 4 is 11.0 Å². The summed E-state index contributed by atoms with van der Waals surface area (Å²) in [4.78, 5) is 0. The van der Waals surface area contributed by atoms with E-state index in [0.717, 1.165) is 36.2 Å². The van der Waals surface area contributed by atoms with Crippen LogP contribution in [0.2, 0.25) is 0 Å². The molecule has 19 heavy (non-hydrogen) atoms. The molecule has 4 heteroatoms. The van der Waals surface area contributed by atoms with Crippen molar-refractivity contribution in [2.24, 2.45) is 0 Å². The Morgan fingerprint density at radius 1 is 1.05 bits per heavy atom. The van der Waals surface area contributed by atoms with E-state index in [1.165, 1.54) is 11.1 Å². The number of nitrogens with zero attached hydrogens (tertiary/aromatic N) is 3. The Hall–Kier alpha value is -2.20. The molecule has 94 valence electrons. The van der Waals surface area contributed by atoms with Crippen LogP contribution in [0.5, 0.6) is 0 Å². The monoisotopic (exact) mass is 250 g/mol. The highest BCUT2D eigenvalue weighted by Crippen LogP contribution is 2.21. The molecule has 1 aliphatic heterocycles. The highest BCUT2D eigenvalue weighted by molar-refractivity contribution is 5.75. The Morgan fingerprint density at radius 2 is 2.00 bits per heavy atom. The number of rotatable bonds is 1. The van der Waals surface area contributed by atoms with Crippen LogP contribution in [0.15, 0.2) is 42.5 Å². The first-order valence-electron chi connectivity index (χ1n) is 6.55. The molecule has 1 aromatic heterocycles. The predicted molar refractivity (Wildman–Crippen MR) is 74.3 cm³/mol. The van der Waals surface area contributed by atoms with Crippen LogP contribution < -0.4 is 5.32 Å². The maximum absolute atomic E-state index is 4.26. The molecular weight excluding hydrogens is 236 g/mol. The molecule has 0 saturated heterocycles. The highest BCUT2D eigenvalue weighted by Gasteiger charge is 2.11. The van der Waals surface area contributed by atoms with Crippen LogP contribution in [0.3, 0.4) is 0 Å². The van der Waals surface area contributed by atoms with E-state index in [9.17, 15) is 0 Å². The molecule has 2 aromatic carbocycles. The van der Waals surface area contributed by atoms with Gasteiger partial charge in [0.05, 0.1) is 11.2 Å². The SMILES string of the molecule is c1ccc2c(c1)nnn2-c1ccc2c(c1)CNCC2. The van der Waals surface area contributed by atoms with Crippen molar-refractivity contribution in [1.29, 1.82) is 0 Å². The van der Waals surface area contributed by atoms with E-state index in [2.05, 4.69) is 33.8 Å². The molecule has 0 unspecified atom stereocenters. The normalized spacial score (nSPS) is 14.5. The Balaban J connectivity index is 1.88. The summed E-state index contributed by atoms with van der Waals surface area (Å²) >= 11 is 0. The van der Waals surface area contributed by atoms with E-state index >= 15 is 0 Å². The molecule has 0 spiro atoms. The lowest BCUT2D eigenvalue weighted by atomic mass is 10.0. The number of hydrogen-bond donors (Lipinski definition) is 1. The van der Waals surface area contributed by atoms with Crippen LogP contribution in [-0.4, -0.2) is 21.5 Å². The van der Waals surface area contributed by atoms with Gasteiger partial charge in [-0.2, -0.15) is 0 Å². The van der Waals surface area contributed by atoms with Crippen molar-refractivity contribution in [2.45, 2.75) is 13.0 Å². The molecule has 4 nitrogen and oxygen atoms in total. The molecule has 0 atom stereocenters. The molecule has 2 heterocycles. The second-order valence-corrected chi connectivity index (χ2v) is 4.87. The van der Waals surface area contributed by atoms with Gasteiger partial charge >= 0.3 is 0 Å². The zero-order chi connectivity index (χ0) is 12.7. The van der Waals surface area contributed by atoms with Crippen molar-refractivity contribution in [3.63, 3.8) is 0 Å². The zero-order valence-electron chi connectivity index (χ0n) is 10.5. The predicted octanol–water partition coefficient (Wildman–Crippen LogP) is 2.07. The topological polar surface area (TPSA) is 42.7 Å². The van der Waals surface area contributed by atoms with E-state index in [-0.39, 0.29) is 0 Å². The second-order valence-electron chi connectivity index (χ2n) is 4.87. The van der Waals surface area contributed by atoms with Crippen molar-refractivity contribution in [2.75, 3.05) is 6.54 Å². The molecule has 0 amide bonds. The minimum Gasteiger partial charge on any atom is -0.312 e. The third kappa shape index (κ3) is 1.72. The quantitative estimate of drug-likeness (QED) is 0.719. The first kappa shape index (κ1) is 10.7. The lowest BCUT2D eigenvalue weighted by Crippen LogP contribution is -2.23. The van der Waals surface area contributed by atoms with Gasteiger partial charge in [-0.3, -0.25) is 0 Å². The fourth-order valence-electron chi connectivity index (χ4n) is 2.66. The van der Waals surface area contributed by atoms with Crippen molar-refractivity contribution < 1.29 is 0 Å². The Bertz CT molecular complexity index is 745. The van der Waals surface area contributed by atoms with E-state index in [4.69, 9.17) is 0 Å². The molecule has 0 aliphatic carbocycles. The van der Waals surface area contributed by atoms with Gasteiger partial charge < -0.3 is 5.32 Å². The highest BCUT2D eigenvalue weighted by atomic mass is 15.4. The number of aromatic nitrogens is 3. The van der Waals surface area contributed by atoms with Gasteiger partial charge in [0.25, 0.3) is 0 Å². The lowest BCUT2D eigenvalue weighted by Gasteiger charge is -2.17. The molecule has 0 radical (unpaired) electrons. The second kappa shape index (κ2) is 4.17. The van der Waals surface area contributed by atoms with Gasteiger partial charge in [0, 0.05) is 6.54 Å². The standard InChI is InChI=1S/C15H14N4/c1-2-4-15-14(3-1)17-18-19(15)13-6-5-11-7-8-16-10-12(11)9-13/h1-6,9,16H,7-8,10H2. The van der Waals surface area contributed by atoms with Crippen LogP contribution >= 0.6 is 0 Å². The van der Waals surface area contributed by atoms with Crippen molar-refractivity contribution in [3.05, 3.63) is 53.6 Å². The number of hydrogen-bond acceptors (Lipinski definition) is 3. The van der Waals surface area contributed by atoms with E-state index in [1.807, 2.05) is 28.9 Å². The molecule has 4 rings (SSSR count). The van der Waals surface area contributed by atoms with E-state index in [1.54, 1.807) is 0 Å². The largest absolute Gasteiger partial charge is 0.312 e. The van der Waals surface area contributed by atoms with Gasteiger partial charge in [-0.1, -0.05) is 23.4 Å². The summed E-state index contributed by atoms with van der Waals surface area (Å²) in [5, 5.41) is 11.9. The fourth-order valence-corrected chi connectivity index (χ4v) is 2.66. The van der Waals surface area contributed by atoms with Crippen LogP contribution in [-0.2, 0) is 13.0 Å². The van der Waals surface area contributed by atoms with E-state index < -0.39 is 0 Å². The van der Waals surface area contributed by atoms with Crippen LogP contribution in [0.25, 0.3) is 16.7 Å². The Labute approximate surface area is 111 Å². The lowest BCUT2D eigenvalue weighted by molar-refractivity contribution is 0.642. The average Bonchev–Trinajstić information content (AvgIpc) is 2.91. The molecule has 1 aliphatic rings. The molecule has 0 fully saturated rings. The maximum Gasteiger partial charge on any atom is 0.113 e. The molecule has 0 saturated carbocycles. The first-order valence-corrected chi connectivity index (χ1v) is 6.55. The van der Waals surface area contributed by atoms with Gasteiger partial charge in [-0.05, 0) is 48.4 Å². The number of para-hydroxylation sites is 1. The van der Waals surface area contributed by atoms with Gasteiger partial charge in [0.1, 0.15) is 5.52 Å². The summed E-state index contributed by atoms with van der Waals surface area (Å²) in [6.45, 7) is 2.01. The van der Waals surface area contributed by atoms with Crippen LogP contribution in [0.1, 0.15) is 11.1 Å². The Kier molecular flexibility index (Phi) is 2.35. The summed E-state index contributed by atoms with van der Waals surface area (Å²) in [5.41, 5.74) is 5.86. The molecule has 1 N–H and O–H groups in total. The number of nitrogens with one attached hydrogen (secondary N) is 1. The average molecular weight is 250 g/mol. The van der Waals surface area contributed by atoms with Crippen LogP contribution in [0, 0.1) is 0 Å². The third-order valence-corrected chi connectivity index (χ3v) is 3.67. The van der Waals surface area contributed by atoms with Crippen LogP contribution in [0.4, 0.5) is 0 Å². The van der Waals surface area contributed by atoms with Gasteiger partial charge in [0.15, 0.2) is 0 Å². The van der Waals surface area contributed by atoms with Gasteiger partial charge in [-0.25, -0.2) is 4.68 Å². The van der Waals surface area contributed by atoms with E-state index in [0.29, 0.717) is 0 Å².